The first-order valence-electron chi connectivity index (χ1n) is 10.2. The minimum atomic E-state index is 0.578. The molecule has 1 rings (SSSR count). The Morgan fingerprint density at radius 1 is 0.731 bits per heavy atom. The molecule has 0 atom stereocenters. The van der Waals surface area contributed by atoms with Crippen LogP contribution in [0, 0.1) is 0 Å². The Morgan fingerprint density at radius 2 is 1.35 bits per heavy atom. The maximum atomic E-state index is 5.72. The van der Waals surface area contributed by atoms with E-state index >= 15 is 0 Å². The van der Waals surface area contributed by atoms with Crippen molar-refractivity contribution in [3.63, 3.8) is 0 Å². The number of hydrogen-bond donors (Lipinski definition) is 0. The molecule has 150 valence electrons. The fourth-order valence-electron chi connectivity index (χ4n) is 2.65. The first-order valence-corrected chi connectivity index (χ1v) is 10.2. The minimum absolute atomic E-state index is 0.578. The highest BCUT2D eigenvalue weighted by Crippen LogP contribution is 2.15. The van der Waals surface area contributed by atoms with E-state index in [2.05, 4.69) is 36.1 Å². The van der Waals surface area contributed by atoms with Crippen molar-refractivity contribution in [2.24, 2.45) is 0 Å². The van der Waals surface area contributed by atoms with Crippen LogP contribution in [0.5, 0.6) is 5.75 Å². The average Bonchev–Trinajstić information content (AvgIpc) is 2.64. The second kappa shape index (κ2) is 16.1. The van der Waals surface area contributed by atoms with E-state index in [-0.39, 0.29) is 0 Å². The molecule has 0 radical (unpaired) electrons. The van der Waals surface area contributed by atoms with E-state index in [0.29, 0.717) is 26.4 Å². The van der Waals surface area contributed by atoms with Crippen molar-refractivity contribution in [2.75, 3.05) is 53.7 Å². The fourth-order valence-corrected chi connectivity index (χ4v) is 2.65. The summed E-state index contributed by atoms with van der Waals surface area (Å²) in [6.45, 7) is 6.38. The zero-order valence-electron chi connectivity index (χ0n) is 17.2. The van der Waals surface area contributed by atoms with Gasteiger partial charge < -0.3 is 19.1 Å². The molecule has 0 aliphatic rings. The third-order valence-electron chi connectivity index (χ3n) is 4.29. The lowest BCUT2D eigenvalue weighted by Gasteiger charge is -2.10. The van der Waals surface area contributed by atoms with Crippen LogP contribution in [0.15, 0.2) is 24.3 Å². The Kier molecular flexibility index (Phi) is 14.2. The minimum Gasteiger partial charge on any atom is -0.491 e. The average molecular weight is 366 g/mol. The number of aryl methyl sites for hydroxylation is 1. The molecule has 0 unspecified atom stereocenters. The first-order chi connectivity index (χ1) is 12.7. The van der Waals surface area contributed by atoms with Gasteiger partial charge in [-0.25, -0.2) is 0 Å². The number of benzene rings is 1. The molecule has 0 aromatic heterocycles. The van der Waals surface area contributed by atoms with E-state index < -0.39 is 0 Å². The summed E-state index contributed by atoms with van der Waals surface area (Å²) >= 11 is 0. The van der Waals surface area contributed by atoms with Crippen LogP contribution >= 0.6 is 0 Å². The van der Waals surface area contributed by atoms with Gasteiger partial charge in [0.25, 0.3) is 0 Å². The van der Waals surface area contributed by atoms with Crippen molar-refractivity contribution in [1.29, 1.82) is 0 Å². The largest absolute Gasteiger partial charge is 0.491 e. The summed E-state index contributed by atoms with van der Waals surface area (Å²) in [4.78, 5) is 2.10. The molecule has 0 saturated heterocycles. The number of nitrogens with zero attached hydrogens (tertiary/aromatic N) is 1. The molecule has 0 heterocycles. The van der Waals surface area contributed by atoms with E-state index in [1.165, 1.54) is 50.5 Å². The predicted molar refractivity (Wildman–Crippen MR) is 109 cm³/mol. The molecule has 0 saturated carbocycles. The van der Waals surface area contributed by atoms with E-state index in [0.717, 1.165) is 18.9 Å². The molecule has 0 aliphatic carbocycles. The number of likely N-dealkylation sites (N-methyl/N-ethyl adjacent to an activating group) is 1. The van der Waals surface area contributed by atoms with Crippen LogP contribution in [0.4, 0.5) is 0 Å². The third-order valence-corrected chi connectivity index (χ3v) is 4.29. The van der Waals surface area contributed by atoms with Gasteiger partial charge in [0.05, 0.1) is 26.4 Å². The molecule has 26 heavy (non-hydrogen) atoms. The zero-order valence-corrected chi connectivity index (χ0v) is 17.2. The molecule has 0 amide bonds. The Labute approximate surface area is 160 Å². The van der Waals surface area contributed by atoms with Gasteiger partial charge >= 0.3 is 0 Å². The summed E-state index contributed by atoms with van der Waals surface area (Å²) in [6.07, 6.45) is 9.24. The highest BCUT2D eigenvalue weighted by atomic mass is 16.5. The van der Waals surface area contributed by atoms with Gasteiger partial charge in [0.1, 0.15) is 12.4 Å². The van der Waals surface area contributed by atoms with Crippen LogP contribution in [-0.2, 0) is 15.9 Å². The normalized spacial score (nSPS) is 11.2. The van der Waals surface area contributed by atoms with Gasteiger partial charge in [-0.3, -0.25) is 0 Å². The fraction of sp³-hybridized carbons (Fsp3) is 0.727. The number of ether oxygens (including phenoxy) is 3. The maximum absolute atomic E-state index is 5.72. The smallest absolute Gasteiger partial charge is 0.119 e. The third kappa shape index (κ3) is 13.2. The van der Waals surface area contributed by atoms with E-state index in [9.17, 15) is 0 Å². The number of rotatable bonds is 17. The second-order valence-corrected chi connectivity index (χ2v) is 7.04. The molecule has 0 fully saturated rings. The van der Waals surface area contributed by atoms with Crippen LogP contribution in [0.2, 0.25) is 0 Å². The van der Waals surface area contributed by atoms with Crippen LogP contribution in [0.25, 0.3) is 0 Å². The second-order valence-electron chi connectivity index (χ2n) is 7.04. The van der Waals surface area contributed by atoms with Crippen molar-refractivity contribution >= 4 is 0 Å². The first kappa shape index (κ1) is 22.9. The summed E-state index contributed by atoms with van der Waals surface area (Å²) in [6, 6.07) is 8.50. The molecule has 0 bridgehead atoms. The molecule has 4 nitrogen and oxygen atoms in total. The lowest BCUT2D eigenvalue weighted by Crippen LogP contribution is -2.19. The lowest BCUT2D eigenvalue weighted by atomic mass is 10.0. The van der Waals surface area contributed by atoms with Gasteiger partial charge in [0.2, 0.25) is 0 Å². The molecule has 0 N–H and O–H groups in total. The summed E-state index contributed by atoms with van der Waals surface area (Å²) in [5.74, 6) is 0.919. The van der Waals surface area contributed by atoms with Crippen molar-refractivity contribution in [1.82, 2.24) is 4.90 Å². The van der Waals surface area contributed by atoms with Crippen LogP contribution in [0.1, 0.15) is 51.0 Å². The zero-order chi connectivity index (χ0) is 18.9. The van der Waals surface area contributed by atoms with Crippen LogP contribution in [0.3, 0.4) is 0 Å². The highest BCUT2D eigenvalue weighted by molar-refractivity contribution is 5.27. The Bertz CT molecular complexity index is 420. The van der Waals surface area contributed by atoms with E-state index in [1.807, 2.05) is 14.1 Å². The van der Waals surface area contributed by atoms with Crippen molar-refractivity contribution in [2.45, 2.75) is 51.9 Å². The van der Waals surface area contributed by atoms with Crippen molar-refractivity contribution in [3.8, 4) is 5.75 Å². The number of hydrogen-bond acceptors (Lipinski definition) is 4. The molecule has 1 aromatic rings. The summed E-state index contributed by atoms with van der Waals surface area (Å²) in [5, 5.41) is 0. The SMILES string of the molecule is CCCCCCCCc1ccc(OCCOCCOCCN(C)C)cc1. The standard InChI is InChI=1S/C22H39NO3/c1-4-5-6-7-8-9-10-21-11-13-22(14-12-21)26-20-19-25-18-17-24-16-15-23(2)3/h11-14H,4-10,15-20H2,1-3H3. The van der Waals surface area contributed by atoms with Gasteiger partial charge in [-0.05, 0) is 44.6 Å². The molecular formula is C22H39NO3. The number of unbranched alkanes of at least 4 members (excludes halogenated alkanes) is 5. The Balaban J connectivity index is 1.98. The summed E-state index contributed by atoms with van der Waals surface area (Å²) in [7, 11) is 4.08. The quantitative estimate of drug-likeness (QED) is 0.379. The van der Waals surface area contributed by atoms with Crippen molar-refractivity contribution < 1.29 is 14.2 Å². The Morgan fingerprint density at radius 3 is 2.04 bits per heavy atom. The van der Waals surface area contributed by atoms with Gasteiger partial charge in [0.15, 0.2) is 0 Å². The maximum Gasteiger partial charge on any atom is 0.119 e. The molecule has 0 spiro atoms. The highest BCUT2D eigenvalue weighted by Gasteiger charge is 1.98. The van der Waals surface area contributed by atoms with Gasteiger partial charge in [0, 0.05) is 6.54 Å². The lowest BCUT2D eigenvalue weighted by molar-refractivity contribution is 0.0325. The molecule has 4 heteroatoms. The molecule has 0 aliphatic heterocycles. The van der Waals surface area contributed by atoms with Crippen molar-refractivity contribution in [3.05, 3.63) is 29.8 Å². The van der Waals surface area contributed by atoms with Gasteiger partial charge in [-0.15, -0.1) is 0 Å². The summed E-state index contributed by atoms with van der Waals surface area (Å²) in [5.41, 5.74) is 1.40. The van der Waals surface area contributed by atoms with Gasteiger partial charge in [-0.1, -0.05) is 51.2 Å². The van der Waals surface area contributed by atoms with E-state index in [1.54, 1.807) is 0 Å². The van der Waals surface area contributed by atoms with Crippen LogP contribution < -0.4 is 4.74 Å². The monoisotopic (exact) mass is 365 g/mol. The Hall–Kier alpha value is -1.10. The van der Waals surface area contributed by atoms with Gasteiger partial charge in [-0.2, -0.15) is 0 Å². The topological polar surface area (TPSA) is 30.9 Å². The molecule has 1 aromatic carbocycles. The molecular weight excluding hydrogens is 326 g/mol. The predicted octanol–water partition coefficient (Wildman–Crippen LogP) is 4.56. The van der Waals surface area contributed by atoms with E-state index in [4.69, 9.17) is 14.2 Å². The summed E-state index contributed by atoms with van der Waals surface area (Å²) < 4.78 is 16.7. The van der Waals surface area contributed by atoms with Crippen LogP contribution in [-0.4, -0.2) is 58.6 Å².